The molecule has 0 radical (unpaired) electrons. The van der Waals surface area contributed by atoms with Crippen LogP contribution >= 0.6 is 8.25 Å². The minimum atomic E-state index is -2.47. The molecule has 0 aliphatic carbocycles. The molecule has 0 aromatic carbocycles. The first-order valence-electron chi connectivity index (χ1n) is 3.10. The van der Waals surface area contributed by atoms with Crippen LogP contribution in [0.3, 0.4) is 0 Å². The molecule has 0 aliphatic rings. The average Bonchev–Trinajstić information content (AvgIpc) is 2.39. The highest BCUT2D eigenvalue weighted by Gasteiger charge is 2.11. The summed E-state index contributed by atoms with van der Waals surface area (Å²) in [6, 6.07) is 3.54. The Morgan fingerprint density at radius 3 is 3.09 bits per heavy atom. The molecule has 1 atom stereocenters. The molecule has 1 N–H and O–H groups in total. The highest BCUT2D eigenvalue weighted by molar-refractivity contribution is 7.32. The van der Waals surface area contributed by atoms with Gasteiger partial charge in [0.25, 0.3) is 0 Å². The van der Waals surface area contributed by atoms with Crippen LogP contribution in [-0.2, 0) is 15.5 Å². The summed E-state index contributed by atoms with van der Waals surface area (Å²) < 4.78 is 19.4. The van der Waals surface area contributed by atoms with Crippen molar-refractivity contribution in [3.63, 3.8) is 0 Å². The fourth-order valence-corrected chi connectivity index (χ4v) is 0.927. The Kier molecular flexibility index (Phi) is 3.23. The summed E-state index contributed by atoms with van der Waals surface area (Å²) in [6.07, 6.45) is 2.07. The van der Waals surface area contributed by atoms with E-state index >= 15 is 0 Å². The second-order valence-electron chi connectivity index (χ2n) is 1.90. The third-order valence-electron chi connectivity index (χ3n) is 1.13. The van der Waals surface area contributed by atoms with Gasteiger partial charge in [-0.25, -0.2) is 0 Å². The normalized spacial score (nSPS) is 11.5. The largest absolute Gasteiger partial charge is 0.694 e. The summed E-state index contributed by atoms with van der Waals surface area (Å²) in [5, 5.41) is 0. The minimum absolute atomic E-state index is 0.208. The summed E-state index contributed by atoms with van der Waals surface area (Å²) in [5.41, 5.74) is 0. The molecule has 0 amide bonds. The van der Waals surface area contributed by atoms with Gasteiger partial charge in [0.2, 0.25) is 0 Å². The number of hydrogen-bond donors (Lipinski definition) is 1. The Morgan fingerprint density at radius 1 is 1.73 bits per heavy atom. The van der Waals surface area contributed by atoms with E-state index in [0.717, 1.165) is 5.76 Å². The molecule has 0 saturated carbocycles. The maximum Gasteiger partial charge on any atom is 0.694 e. The number of hydrogen-bond acceptors (Lipinski definition) is 3. The third kappa shape index (κ3) is 3.28. The molecule has 1 rings (SSSR count). The molecule has 0 fully saturated rings. The maximum atomic E-state index is 10.0. The molecule has 1 aromatic heterocycles. The van der Waals surface area contributed by atoms with Gasteiger partial charge in [-0.3, -0.25) is 0 Å². The number of rotatable bonds is 4. The van der Waals surface area contributed by atoms with Gasteiger partial charge in [0.05, 0.1) is 6.26 Å². The molecular weight excluding hydrogens is 167 g/mol. The van der Waals surface area contributed by atoms with E-state index in [1.807, 2.05) is 0 Å². The van der Waals surface area contributed by atoms with Crippen molar-refractivity contribution in [2.45, 2.75) is 6.42 Å². The molecule has 0 saturated heterocycles. The molecule has 0 bridgehead atoms. The van der Waals surface area contributed by atoms with Gasteiger partial charge in [-0.2, -0.15) is 0 Å². The number of furan rings is 1. The monoisotopic (exact) mass is 175 g/mol. The SMILES string of the molecule is O=[P+](O)OCCc1ccco1. The van der Waals surface area contributed by atoms with Crippen molar-refractivity contribution in [3.8, 4) is 0 Å². The van der Waals surface area contributed by atoms with Gasteiger partial charge in [0.1, 0.15) is 12.4 Å². The molecule has 4 nitrogen and oxygen atoms in total. The van der Waals surface area contributed by atoms with Gasteiger partial charge < -0.3 is 4.42 Å². The lowest BCUT2D eigenvalue weighted by molar-refractivity contribution is 0.277. The molecule has 60 valence electrons. The lowest BCUT2D eigenvalue weighted by atomic mass is 10.3. The molecule has 11 heavy (non-hydrogen) atoms. The van der Waals surface area contributed by atoms with Gasteiger partial charge >= 0.3 is 8.25 Å². The van der Waals surface area contributed by atoms with Gasteiger partial charge in [-0.15, -0.1) is 9.42 Å². The zero-order valence-electron chi connectivity index (χ0n) is 5.77. The van der Waals surface area contributed by atoms with E-state index in [9.17, 15) is 4.57 Å². The molecule has 0 spiro atoms. The van der Waals surface area contributed by atoms with Crippen LogP contribution in [0.2, 0.25) is 0 Å². The minimum Gasteiger partial charge on any atom is -0.469 e. The van der Waals surface area contributed by atoms with E-state index < -0.39 is 8.25 Å². The van der Waals surface area contributed by atoms with Crippen LogP contribution < -0.4 is 0 Å². The van der Waals surface area contributed by atoms with E-state index in [4.69, 9.17) is 9.31 Å². The zero-order chi connectivity index (χ0) is 8.10. The molecule has 0 aliphatic heterocycles. The Hall–Kier alpha value is -0.700. The van der Waals surface area contributed by atoms with Crippen molar-refractivity contribution < 1.29 is 18.4 Å². The second-order valence-corrected chi connectivity index (χ2v) is 2.63. The van der Waals surface area contributed by atoms with Crippen LogP contribution in [0.25, 0.3) is 0 Å². The van der Waals surface area contributed by atoms with E-state index in [-0.39, 0.29) is 6.61 Å². The van der Waals surface area contributed by atoms with Crippen LogP contribution in [-0.4, -0.2) is 11.5 Å². The average molecular weight is 175 g/mol. The van der Waals surface area contributed by atoms with Gasteiger partial charge in [-0.1, -0.05) is 0 Å². The third-order valence-corrected chi connectivity index (χ3v) is 1.53. The highest BCUT2D eigenvalue weighted by atomic mass is 31.1. The first-order valence-corrected chi connectivity index (χ1v) is 4.23. The maximum absolute atomic E-state index is 10.0. The van der Waals surface area contributed by atoms with E-state index in [2.05, 4.69) is 4.52 Å². The smallest absolute Gasteiger partial charge is 0.469 e. The summed E-state index contributed by atoms with van der Waals surface area (Å²) in [7, 11) is -2.47. The second kappa shape index (κ2) is 4.23. The van der Waals surface area contributed by atoms with Crippen LogP contribution in [0.15, 0.2) is 22.8 Å². The molecule has 1 unspecified atom stereocenters. The van der Waals surface area contributed by atoms with Gasteiger partial charge in [0.15, 0.2) is 0 Å². The van der Waals surface area contributed by atoms with Crippen molar-refractivity contribution in [2.24, 2.45) is 0 Å². The van der Waals surface area contributed by atoms with Crippen LogP contribution in [0.4, 0.5) is 0 Å². The van der Waals surface area contributed by atoms with Crippen LogP contribution in [0, 0.1) is 0 Å². The summed E-state index contributed by atoms with van der Waals surface area (Å²) >= 11 is 0. The topological polar surface area (TPSA) is 59.7 Å². The van der Waals surface area contributed by atoms with Crippen molar-refractivity contribution >= 4 is 8.25 Å². The fraction of sp³-hybridized carbons (Fsp3) is 0.333. The van der Waals surface area contributed by atoms with Crippen molar-refractivity contribution in [1.29, 1.82) is 0 Å². The predicted molar refractivity (Wildman–Crippen MR) is 38.2 cm³/mol. The molecular formula is C6H8O4P+. The lowest BCUT2D eigenvalue weighted by Gasteiger charge is -1.87. The highest BCUT2D eigenvalue weighted by Crippen LogP contribution is 2.14. The molecule has 1 heterocycles. The van der Waals surface area contributed by atoms with Crippen molar-refractivity contribution in [3.05, 3.63) is 24.2 Å². The molecule has 5 heteroatoms. The van der Waals surface area contributed by atoms with Crippen LogP contribution in [0.1, 0.15) is 5.76 Å². The Labute approximate surface area is 64.7 Å². The van der Waals surface area contributed by atoms with Crippen molar-refractivity contribution in [1.82, 2.24) is 0 Å². The summed E-state index contributed by atoms with van der Waals surface area (Å²) in [4.78, 5) is 8.24. The van der Waals surface area contributed by atoms with E-state index in [0.29, 0.717) is 6.42 Å². The van der Waals surface area contributed by atoms with Gasteiger partial charge in [0, 0.05) is 11.0 Å². The Morgan fingerprint density at radius 2 is 2.55 bits per heavy atom. The van der Waals surface area contributed by atoms with E-state index in [1.54, 1.807) is 18.4 Å². The quantitative estimate of drug-likeness (QED) is 0.704. The zero-order valence-corrected chi connectivity index (χ0v) is 6.66. The Bertz CT molecular complexity index is 218. The summed E-state index contributed by atoms with van der Waals surface area (Å²) in [6.45, 7) is 0.208. The lowest BCUT2D eigenvalue weighted by Crippen LogP contribution is -1.90. The first-order chi connectivity index (χ1) is 5.29. The van der Waals surface area contributed by atoms with Crippen LogP contribution in [0.5, 0.6) is 0 Å². The van der Waals surface area contributed by atoms with Gasteiger partial charge in [-0.05, 0) is 12.1 Å². The standard InChI is InChI=1S/C6H7O4P/c7-11(8)10-5-3-6-2-1-4-9-6/h1-2,4H,3,5H2/p+1. The fourth-order valence-electron chi connectivity index (χ4n) is 0.679. The molecule has 1 aromatic rings. The predicted octanol–water partition coefficient (Wildman–Crippen LogP) is 1.49. The van der Waals surface area contributed by atoms with Crippen molar-refractivity contribution in [2.75, 3.05) is 6.61 Å². The Balaban J connectivity index is 2.19. The summed E-state index contributed by atoms with van der Waals surface area (Å²) in [5.74, 6) is 0.752. The first kappa shape index (κ1) is 8.40. The van der Waals surface area contributed by atoms with E-state index in [1.165, 1.54) is 0 Å².